The molecule has 0 aliphatic carbocycles. The molecule has 0 bridgehead atoms. The molecule has 4 aromatic rings. The maximum absolute atomic E-state index is 12.2. The first kappa shape index (κ1) is 24.8. The quantitative estimate of drug-likeness (QED) is 0.244. The van der Waals surface area contributed by atoms with Crippen LogP contribution >= 0.6 is 11.6 Å². The van der Waals surface area contributed by atoms with Crippen molar-refractivity contribution in [2.24, 2.45) is 0 Å². The summed E-state index contributed by atoms with van der Waals surface area (Å²) < 4.78 is 8.40. The Hall–Kier alpha value is -3.31. The van der Waals surface area contributed by atoms with Gasteiger partial charge in [-0.2, -0.15) is 0 Å². The molecule has 0 spiro atoms. The molecular formula is C29H32ClN3O2. The number of halogens is 1. The number of aryl methyl sites for hydroxylation is 2. The van der Waals surface area contributed by atoms with E-state index in [1.54, 1.807) is 24.3 Å². The molecule has 6 heteroatoms. The van der Waals surface area contributed by atoms with Crippen molar-refractivity contribution in [1.29, 1.82) is 0 Å². The van der Waals surface area contributed by atoms with E-state index in [1.165, 1.54) is 11.1 Å². The fourth-order valence-corrected chi connectivity index (χ4v) is 4.31. The van der Waals surface area contributed by atoms with Crippen molar-refractivity contribution < 1.29 is 9.53 Å². The van der Waals surface area contributed by atoms with Crippen LogP contribution in [0.5, 0.6) is 5.75 Å². The minimum Gasteiger partial charge on any atom is -0.491 e. The van der Waals surface area contributed by atoms with Gasteiger partial charge >= 0.3 is 0 Å². The number of ether oxygens (including phenoxy) is 1. The summed E-state index contributed by atoms with van der Waals surface area (Å²) in [6.45, 7) is 6.20. The van der Waals surface area contributed by atoms with Crippen LogP contribution in [0.2, 0.25) is 5.02 Å². The first-order valence-corrected chi connectivity index (χ1v) is 12.6. The highest BCUT2D eigenvalue weighted by Crippen LogP contribution is 2.22. The second-order valence-electron chi connectivity index (χ2n) is 8.79. The average molecular weight is 490 g/mol. The molecule has 0 fully saturated rings. The third kappa shape index (κ3) is 6.43. The molecule has 0 aliphatic rings. The summed E-state index contributed by atoms with van der Waals surface area (Å²) in [4.78, 5) is 17.1. The molecule has 0 unspecified atom stereocenters. The molecule has 1 amide bonds. The van der Waals surface area contributed by atoms with E-state index < -0.39 is 0 Å². The van der Waals surface area contributed by atoms with E-state index in [0.29, 0.717) is 23.7 Å². The first-order chi connectivity index (χ1) is 17.0. The van der Waals surface area contributed by atoms with Gasteiger partial charge in [-0.25, -0.2) is 4.98 Å². The maximum Gasteiger partial charge on any atom is 0.251 e. The third-order valence-corrected chi connectivity index (χ3v) is 6.58. The van der Waals surface area contributed by atoms with Crippen molar-refractivity contribution in [3.8, 4) is 5.75 Å². The molecule has 0 aliphatic heterocycles. The lowest BCUT2D eigenvalue weighted by Crippen LogP contribution is -2.24. The minimum absolute atomic E-state index is 0.0627. The summed E-state index contributed by atoms with van der Waals surface area (Å²) in [6, 6.07) is 21.4. The zero-order chi connectivity index (χ0) is 24.6. The normalized spacial score (nSPS) is 11.1. The van der Waals surface area contributed by atoms with Crippen molar-refractivity contribution in [2.45, 2.75) is 46.1 Å². The van der Waals surface area contributed by atoms with E-state index >= 15 is 0 Å². The van der Waals surface area contributed by atoms with E-state index in [1.807, 2.05) is 18.2 Å². The molecule has 182 valence electrons. The van der Waals surface area contributed by atoms with Gasteiger partial charge in [0, 0.05) is 23.6 Å². The Kier molecular flexibility index (Phi) is 8.43. The lowest BCUT2D eigenvalue weighted by Gasteiger charge is -2.13. The molecule has 1 aromatic heterocycles. The van der Waals surface area contributed by atoms with Gasteiger partial charge in [0.05, 0.1) is 17.6 Å². The lowest BCUT2D eigenvalue weighted by atomic mass is 10.1. The van der Waals surface area contributed by atoms with Gasteiger partial charge < -0.3 is 14.6 Å². The molecule has 1 heterocycles. The van der Waals surface area contributed by atoms with Gasteiger partial charge in [0.1, 0.15) is 18.2 Å². The van der Waals surface area contributed by atoms with Gasteiger partial charge in [-0.05, 0) is 80.3 Å². The van der Waals surface area contributed by atoms with E-state index in [9.17, 15) is 4.79 Å². The minimum atomic E-state index is -0.0627. The highest BCUT2D eigenvalue weighted by Gasteiger charge is 2.11. The molecule has 3 aromatic carbocycles. The van der Waals surface area contributed by atoms with Crippen LogP contribution in [-0.4, -0.2) is 28.6 Å². The van der Waals surface area contributed by atoms with Gasteiger partial charge in [-0.1, -0.05) is 42.3 Å². The zero-order valence-electron chi connectivity index (χ0n) is 20.4. The number of para-hydroxylation sites is 2. The number of benzene rings is 3. The Morgan fingerprint density at radius 3 is 2.60 bits per heavy atom. The first-order valence-electron chi connectivity index (χ1n) is 12.2. The molecule has 0 atom stereocenters. The number of rotatable bonds is 11. The van der Waals surface area contributed by atoms with Crippen molar-refractivity contribution in [2.75, 3.05) is 13.2 Å². The Morgan fingerprint density at radius 1 is 0.971 bits per heavy atom. The largest absolute Gasteiger partial charge is 0.491 e. The van der Waals surface area contributed by atoms with Crippen molar-refractivity contribution >= 4 is 28.5 Å². The molecule has 5 nitrogen and oxygen atoms in total. The number of amides is 1. The summed E-state index contributed by atoms with van der Waals surface area (Å²) in [5.74, 6) is 1.96. The van der Waals surface area contributed by atoms with Crippen LogP contribution in [0.15, 0.2) is 66.7 Å². The maximum atomic E-state index is 12.2. The Labute approximate surface area is 212 Å². The number of unbranched alkanes of at least 4 members (excludes halogenated alkanes) is 2. The van der Waals surface area contributed by atoms with E-state index in [2.05, 4.69) is 48.0 Å². The van der Waals surface area contributed by atoms with E-state index in [0.717, 1.165) is 54.8 Å². The summed E-state index contributed by atoms with van der Waals surface area (Å²) in [7, 11) is 0. The molecule has 1 N–H and O–H groups in total. The Morgan fingerprint density at radius 2 is 1.77 bits per heavy atom. The number of nitrogens with zero attached hydrogens (tertiary/aromatic N) is 2. The van der Waals surface area contributed by atoms with Gasteiger partial charge in [0.25, 0.3) is 5.91 Å². The average Bonchev–Trinajstić information content (AvgIpc) is 3.21. The number of hydrogen-bond acceptors (Lipinski definition) is 3. The van der Waals surface area contributed by atoms with Crippen LogP contribution in [0.4, 0.5) is 0 Å². The van der Waals surface area contributed by atoms with Gasteiger partial charge in [0.2, 0.25) is 0 Å². The van der Waals surface area contributed by atoms with Gasteiger partial charge in [0.15, 0.2) is 0 Å². The molecule has 35 heavy (non-hydrogen) atoms. The van der Waals surface area contributed by atoms with E-state index in [-0.39, 0.29) is 5.91 Å². The summed E-state index contributed by atoms with van der Waals surface area (Å²) >= 11 is 5.89. The van der Waals surface area contributed by atoms with Crippen molar-refractivity contribution in [1.82, 2.24) is 14.9 Å². The number of aromatic nitrogens is 2. The predicted octanol–water partition coefficient (Wildman–Crippen LogP) is 6.53. The van der Waals surface area contributed by atoms with Gasteiger partial charge in [-0.15, -0.1) is 0 Å². The van der Waals surface area contributed by atoms with Crippen LogP contribution in [0, 0.1) is 13.8 Å². The van der Waals surface area contributed by atoms with Crippen LogP contribution in [-0.2, 0) is 13.0 Å². The molecular weight excluding hydrogens is 458 g/mol. The fourth-order valence-electron chi connectivity index (χ4n) is 4.18. The van der Waals surface area contributed by atoms with Crippen LogP contribution in [0.3, 0.4) is 0 Å². The van der Waals surface area contributed by atoms with Crippen LogP contribution < -0.4 is 10.1 Å². The second-order valence-corrected chi connectivity index (χ2v) is 9.22. The smallest absolute Gasteiger partial charge is 0.251 e. The number of carbonyl (C=O) groups excluding carboxylic acids is 1. The van der Waals surface area contributed by atoms with Crippen molar-refractivity contribution in [3.63, 3.8) is 0 Å². The molecule has 0 saturated heterocycles. The SMILES string of the molecule is Cc1cccc(OCCn2c(CCCCCNC(=O)c3ccc(Cl)cc3)nc3ccccc32)c1C. The monoisotopic (exact) mass is 489 g/mol. The fraction of sp³-hybridized carbons (Fsp3) is 0.310. The predicted molar refractivity (Wildman–Crippen MR) is 142 cm³/mol. The Balaban J connectivity index is 1.28. The topological polar surface area (TPSA) is 56.1 Å². The number of carbonyl (C=O) groups is 1. The number of imidazole rings is 1. The standard InChI is InChI=1S/C29H32ClN3O2/c1-21-9-8-12-27(22(21)2)35-20-19-33-26-11-6-5-10-25(26)32-28(33)13-4-3-7-18-31-29(34)23-14-16-24(30)17-15-23/h5-6,8-12,14-17H,3-4,7,13,18-20H2,1-2H3,(H,31,34). The summed E-state index contributed by atoms with van der Waals surface area (Å²) in [6.07, 6.45) is 3.85. The molecule has 0 radical (unpaired) electrons. The number of nitrogens with one attached hydrogen (secondary N) is 1. The lowest BCUT2D eigenvalue weighted by molar-refractivity contribution is 0.0953. The number of hydrogen-bond donors (Lipinski definition) is 1. The Bertz CT molecular complexity index is 1280. The highest BCUT2D eigenvalue weighted by molar-refractivity contribution is 6.30. The third-order valence-electron chi connectivity index (χ3n) is 6.33. The second kappa shape index (κ2) is 11.9. The van der Waals surface area contributed by atoms with Crippen LogP contribution in [0.1, 0.15) is 46.6 Å². The zero-order valence-corrected chi connectivity index (χ0v) is 21.1. The van der Waals surface area contributed by atoms with Crippen molar-refractivity contribution in [3.05, 3.63) is 94.3 Å². The highest BCUT2D eigenvalue weighted by atomic mass is 35.5. The summed E-state index contributed by atoms with van der Waals surface area (Å²) in [5.41, 5.74) is 5.21. The summed E-state index contributed by atoms with van der Waals surface area (Å²) in [5, 5.41) is 3.61. The van der Waals surface area contributed by atoms with E-state index in [4.69, 9.17) is 21.3 Å². The molecule has 4 rings (SSSR count). The van der Waals surface area contributed by atoms with Gasteiger partial charge in [-0.3, -0.25) is 4.79 Å². The van der Waals surface area contributed by atoms with Crippen LogP contribution in [0.25, 0.3) is 11.0 Å². The molecule has 0 saturated carbocycles. The number of fused-ring (bicyclic) bond motifs is 1.